The number of hydrogen-bond acceptors (Lipinski definition) is 4. The fourth-order valence-corrected chi connectivity index (χ4v) is 5.84. The summed E-state index contributed by atoms with van der Waals surface area (Å²) < 4.78 is 40.7. The molecule has 3 fully saturated rings. The molecule has 0 aromatic heterocycles. The molecule has 3 aliphatic heterocycles. The van der Waals surface area contributed by atoms with Crippen LogP contribution in [0.15, 0.2) is 30.3 Å². The predicted molar refractivity (Wildman–Crippen MR) is 126 cm³/mol. The Bertz CT molecular complexity index is 1100. The van der Waals surface area contributed by atoms with Crippen molar-refractivity contribution >= 4 is 6.09 Å². The van der Waals surface area contributed by atoms with Gasteiger partial charge in [0, 0.05) is 12.1 Å². The highest BCUT2D eigenvalue weighted by Gasteiger charge is 2.42. The van der Waals surface area contributed by atoms with E-state index in [2.05, 4.69) is 24.1 Å². The third kappa shape index (κ3) is 4.26. The summed E-state index contributed by atoms with van der Waals surface area (Å²) in [5, 5.41) is 3.03. The van der Waals surface area contributed by atoms with Crippen LogP contribution in [-0.4, -0.2) is 43.3 Å². The number of alkyl carbamates (subject to hydrolysis) is 1. The minimum absolute atomic E-state index is 0.0832. The summed E-state index contributed by atoms with van der Waals surface area (Å²) in [5.41, 5.74) is 2.18. The number of benzene rings is 2. The molecule has 3 saturated heterocycles. The molecular weight excluding hydrogens is 438 g/mol. The van der Waals surface area contributed by atoms with Crippen molar-refractivity contribution in [2.75, 3.05) is 26.2 Å². The van der Waals surface area contributed by atoms with Gasteiger partial charge in [-0.05, 0) is 91.6 Å². The lowest BCUT2D eigenvalue weighted by atomic mass is 9.85. The third-order valence-electron chi connectivity index (χ3n) is 7.63. The van der Waals surface area contributed by atoms with E-state index < -0.39 is 17.7 Å². The van der Waals surface area contributed by atoms with Gasteiger partial charge >= 0.3 is 6.09 Å². The van der Waals surface area contributed by atoms with Crippen LogP contribution in [0.2, 0.25) is 0 Å². The molecule has 182 valence electrons. The van der Waals surface area contributed by atoms with Gasteiger partial charge in [-0.3, -0.25) is 4.90 Å². The Morgan fingerprint density at radius 1 is 1.15 bits per heavy atom. The average Bonchev–Trinajstić information content (AvgIpc) is 3.04. The molecule has 0 spiro atoms. The zero-order chi connectivity index (χ0) is 24.0. The van der Waals surface area contributed by atoms with Crippen LogP contribution in [0.3, 0.4) is 0 Å². The lowest BCUT2D eigenvalue weighted by Gasteiger charge is -2.44. The second kappa shape index (κ2) is 8.84. The normalized spacial score (nSPS) is 26.7. The molecule has 0 saturated carbocycles. The molecule has 34 heavy (non-hydrogen) atoms. The van der Waals surface area contributed by atoms with Crippen molar-refractivity contribution in [3.8, 4) is 16.9 Å². The van der Waals surface area contributed by atoms with E-state index in [0.29, 0.717) is 30.1 Å². The van der Waals surface area contributed by atoms with E-state index in [1.54, 1.807) is 19.1 Å². The SMILES string of the molecule is CCOc1ccc(-c2cc3c(cc2F)[C@H](NC(=O)O[C@H]2CN4CCC2CC4)C(C)(C)C3)cc1F. The molecule has 6 rings (SSSR count). The summed E-state index contributed by atoms with van der Waals surface area (Å²) in [6.45, 7) is 9.20. The Labute approximate surface area is 199 Å². The van der Waals surface area contributed by atoms with E-state index in [0.717, 1.165) is 43.6 Å². The molecule has 7 heteroatoms. The van der Waals surface area contributed by atoms with Crippen molar-refractivity contribution in [1.29, 1.82) is 0 Å². The Kier molecular flexibility index (Phi) is 6.00. The zero-order valence-corrected chi connectivity index (χ0v) is 20.0. The van der Waals surface area contributed by atoms with E-state index in [-0.39, 0.29) is 23.3 Å². The zero-order valence-electron chi connectivity index (χ0n) is 20.0. The standard InChI is InChI=1S/C27H32F2N2O3/c1-4-33-23-6-5-17(12-22(23)29)19-11-18-14-27(2,3)25(20(18)13-21(19)28)30-26(32)34-24-15-31-9-7-16(24)8-10-31/h5-6,11-13,16,24-25H,4,7-10,14-15H2,1-3H3,(H,30,32)/t24-,25-/m0/s1. The van der Waals surface area contributed by atoms with Gasteiger partial charge in [-0.15, -0.1) is 0 Å². The van der Waals surface area contributed by atoms with Crippen LogP contribution in [0.4, 0.5) is 13.6 Å². The van der Waals surface area contributed by atoms with Crippen molar-refractivity contribution in [2.24, 2.45) is 11.3 Å². The molecule has 1 amide bonds. The first-order valence-electron chi connectivity index (χ1n) is 12.2. The van der Waals surface area contributed by atoms with Gasteiger partial charge in [0.2, 0.25) is 0 Å². The summed E-state index contributed by atoms with van der Waals surface area (Å²) in [6.07, 6.45) is 2.27. The van der Waals surface area contributed by atoms with Gasteiger partial charge in [-0.25, -0.2) is 13.6 Å². The monoisotopic (exact) mass is 470 g/mol. The lowest BCUT2D eigenvalue weighted by molar-refractivity contribution is -0.0349. The van der Waals surface area contributed by atoms with Crippen LogP contribution >= 0.6 is 0 Å². The molecule has 2 aromatic rings. The first kappa shape index (κ1) is 23.1. The fourth-order valence-electron chi connectivity index (χ4n) is 5.84. The Morgan fingerprint density at radius 2 is 1.91 bits per heavy atom. The van der Waals surface area contributed by atoms with E-state index in [9.17, 15) is 9.18 Å². The number of ether oxygens (including phenoxy) is 2. The maximum Gasteiger partial charge on any atom is 0.407 e. The van der Waals surface area contributed by atoms with Crippen LogP contribution in [0.1, 0.15) is 50.8 Å². The Hall–Kier alpha value is -2.67. The van der Waals surface area contributed by atoms with E-state index in [1.807, 2.05) is 0 Å². The lowest BCUT2D eigenvalue weighted by Crippen LogP contribution is -2.53. The van der Waals surface area contributed by atoms with Gasteiger partial charge < -0.3 is 14.8 Å². The fraction of sp³-hybridized carbons (Fsp3) is 0.519. The third-order valence-corrected chi connectivity index (χ3v) is 7.63. The van der Waals surface area contributed by atoms with Crippen LogP contribution in [0, 0.1) is 23.0 Å². The molecular formula is C27H32F2N2O3. The van der Waals surface area contributed by atoms with E-state index >= 15 is 4.39 Å². The average molecular weight is 471 g/mol. The molecule has 0 unspecified atom stereocenters. The van der Waals surface area contributed by atoms with Gasteiger partial charge in [-0.2, -0.15) is 0 Å². The molecule has 0 radical (unpaired) electrons. The molecule has 2 bridgehead atoms. The number of piperidine rings is 3. The van der Waals surface area contributed by atoms with Crippen LogP contribution in [-0.2, 0) is 11.2 Å². The van der Waals surface area contributed by atoms with Gasteiger partial charge in [-0.1, -0.05) is 19.9 Å². The van der Waals surface area contributed by atoms with E-state index in [1.165, 1.54) is 18.2 Å². The van der Waals surface area contributed by atoms with Crippen LogP contribution in [0.25, 0.3) is 11.1 Å². The van der Waals surface area contributed by atoms with Crippen molar-refractivity contribution in [3.63, 3.8) is 0 Å². The quantitative estimate of drug-likeness (QED) is 0.629. The number of carbonyl (C=O) groups excluding carboxylic acids is 1. The minimum Gasteiger partial charge on any atom is -0.491 e. The first-order chi connectivity index (χ1) is 16.2. The molecule has 2 atom stereocenters. The van der Waals surface area contributed by atoms with Crippen molar-refractivity contribution in [3.05, 3.63) is 53.1 Å². The van der Waals surface area contributed by atoms with Gasteiger partial charge in [0.05, 0.1) is 12.6 Å². The first-order valence-corrected chi connectivity index (χ1v) is 12.2. The smallest absolute Gasteiger partial charge is 0.407 e. The van der Waals surface area contributed by atoms with Crippen molar-refractivity contribution in [1.82, 2.24) is 10.2 Å². The second-order valence-corrected chi connectivity index (χ2v) is 10.4. The molecule has 5 nitrogen and oxygen atoms in total. The highest BCUT2D eigenvalue weighted by atomic mass is 19.1. The summed E-state index contributed by atoms with van der Waals surface area (Å²) in [5.74, 6) is -0.388. The number of rotatable bonds is 5. The number of halogens is 2. The summed E-state index contributed by atoms with van der Waals surface area (Å²) in [7, 11) is 0. The Morgan fingerprint density at radius 3 is 2.56 bits per heavy atom. The number of nitrogens with one attached hydrogen (secondary N) is 1. The molecule has 1 N–H and O–H groups in total. The number of carbonyl (C=O) groups is 1. The second-order valence-electron chi connectivity index (χ2n) is 10.4. The topological polar surface area (TPSA) is 50.8 Å². The summed E-state index contributed by atoms with van der Waals surface area (Å²) in [6, 6.07) is 7.39. The Balaban J connectivity index is 1.36. The number of nitrogens with zero attached hydrogens (tertiary/aromatic N) is 1. The van der Waals surface area contributed by atoms with Gasteiger partial charge in [0.15, 0.2) is 11.6 Å². The largest absolute Gasteiger partial charge is 0.491 e. The van der Waals surface area contributed by atoms with Crippen molar-refractivity contribution in [2.45, 2.75) is 52.2 Å². The summed E-state index contributed by atoms with van der Waals surface area (Å²) >= 11 is 0. The highest BCUT2D eigenvalue weighted by molar-refractivity contribution is 5.71. The van der Waals surface area contributed by atoms with Crippen LogP contribution < -0.4 is 10.1 Å². The number of amides is 1. The molecule has 3 heterocycles. The molecule has 4 aliphatic rings. The molecule has 1 aliphatic carbocycles. The number of fused-ring (bicyclic) bond motifs is 4. The van der Waals surface area contributed by atoms with Gasteiger partial charge in [0.25, 0.3) is 0 Å². The minimum atomic E-state index is -0.519. The maximum atomic E-state index is 15.2. The molecule has 2 aromatic carbocycles. The number of hydrogen-bond donors (Lipinski definition) is 1. The highest BCUT2D eigenvalue weighted by Crippen LogP contribution is 2.47. The maximum absolute atomic E-state index is 15.2. The van der Waals surface area contributed by atoms with Gasteiger partial charge in [0.1, 0.15) is 11.9 Å². The van der Waals surface area contributed by atoms with E-state index in [4.69, 9.17) is 9.47 Å². The van der Waals surface area contributed by atoms with Crippen molar-refractivity contribution < 1.29 is 23.0 Å². The van der Waals surface area contributed by atoms with Crippen LogP contribution in [0.5, 0.6) is 5.75 Å². The summed E-state index contributed by atoms with van der Waals surface area (Å²) in [4.78, 5) is 15.2. The predicted octanol–water partition coefficient (Wildman–Crippen LogP) is 5.47.